The molecular formula is C25H22ClFN4O2. The molecule has 0 saturated heterocycles. The minimum Gasteiger partial charge on any atom is -0.495 e. The third-order valence-corrected chi connectivity index (χ3v) is 5.31. The molecule has 4 aromatic rings. The lowest BCUT2D eigenvalue weighted by Gasteiger charge is -2.15. The predicted molar refractivity (Wildman–Crippen MR) is 130 cm³/mol. The van der Waals surface area contributed by atoms with Gasteiger partial charge >= 0.3 is 0 Å². The van der Waals surface area contributed by atoms with Crippen molar-refractivity contribution in [1.82, 2.24) is 10.3 Å². The van der Waals surface area contributed by atoms with E-state index in [0.29, 0.717) is 35.0 Å². The number of nitrogens with zero attached hydrogens (tertiary/aromatic N) is 1. The maximum Gasteiger partial charge on any atom is 0.257 e. The van der Waals surface area contributed by atoms with E-state index in [4.69, 9.17) is 16.3 Å². The van der Waals surface area contributed by atoms with Crippen LogP contribution in [0.25, 0.3) is 10.9 Å². The van der Waals surface area contributed by atoms with Gasteiger partial charge in [0, 0.05) is 34.2 Å². The van der Waals surface area contributed by atoms with Gasteiger partial charge in [0.05, 0.1) is 12.8 Å². The molecule has 1 heterocycles. The summed E-state index contributed by atoms with van der Waals surface area (Å²) in [6, 6.07) is 18.4. The maximum atomic E-state index is 13.2. The van der Waals surface area contributed by atoms with Crippen molar-refractivity contribution >= 4 is 40.1 Å². The molecule has 0 fully saturated rings. The van der Waals surface area contributed by atoms with E-state index in [-0.39, 0.29) is 5.96 Å². The number of methoxy groups -OCH3 is 1. The number of hydrogen-bond donors (Lipinski definition) is 3. The van der Waals surface area contributed by atoms with Crippen LogP contribution in [-0.2, 0) is 6.42 Å². The summed E-state index contributed by atoms with van der Waals surface area (Å²) in [4.78, 5) is 20.6. The number of aliphatic imine (C=N–C) groups is 1. The van der Waals surface area contributed by atoms with E-state index in [9.17, 15) is 9.18 Å². The number of ether oxygens (including phenoxy) is 1. The molecule has 3 aromatic carbocycles. The zero-order valence-corrected chi connectivity index (χ0v) is 18.6. The van der Waals surface area contributed by atoms with Crippen LogP contribution < -0.4 is 15.4 Å². The van der Waals surface area contributed by atoms with Gasteiger partial charge < -0.3 is 15.0 Å². The molecule has 0 aliphatic heterocycles. The first-order chi connectivity index (χ1) is 16.0. The Morgan fingerprint density at radius 2 is 1.91 bits per heavy atom. The highest BCUT2D eigenvalue weighted by Gasteiger charge is 2.12. The number of fused-ring (bicyclic) bond motifs is 1. The van der Waals surface area contributed by atoms with Gasteiger partial charge in [0.15, 0.2) is 0 Å². The number of aromatic amines is 1. The summed E-state index contributed by atoms with van der Waals surface area (Å²) < 4.78 is 18.6. The number of H-pyrrole nitrogens is 1. The average molecular weight is 465 g/mol. The van der Waals surface area contributed by atoms with Crippen molar-refractivity contribution in [2.24, 2.45) is 4.99 Å². The molecule has 168 valence electrons. The zero-order valence-electron chi connectivity index (χ0n) is 17.9. The fourth-order valence-corrected chi connectivity index (χ4v) is 3.60. The average Bonchev–Trinajstić information content (AvgIpc) is 3.23. The number of amides is 1. The molecule has 1 amide bonds. The van der Waals surface area contributed by atoms with Gasteiger partial charge in [-0.15, -0.1) is 0 Å². The predicted octanol–water partition coefficient (Wildman–Crippen LogP) is 5.41. The Kier molecular flexibility index (Phi) is 6.90. The van der Waals surface area contributed by atoms with Crippen molar-refractivity contribution < 1.29 is 13.9 Å². The normalized spacial score (nSPS) is 11.4. The van der Waals surface area contributed by atoms with Crippen LogP contribution in [0.15, 0.2) is 77.9 Å². The molecule has 0 aliphatic rings. The number of para-hydroxylation sites is 1. The van der Waals surface area contributed by atoms with E-state index in [2.05, 4.69) is 26.7 Å². The number of rotatable bonds is 6. The Hall–Kier alpha value is -3.84. The summed E-state index contributed by atoms with van der Waals surface area (Å²) in [7, 11) is 1.54. The van der Waals surface area contributed by atoms with Crippen LogP contribution >= 0.6 is 11.6 Å². The van der Waals surface area contributed by atoms with E-state index in [1.807, 2.05) is 24.4 Å². The standard InChI is InChI=1S/C25H22ClFN4O2/c1-33-23-11-8-18(26)14-22(23)30-25(31-24(32)16-6-9-19(27)10-7-16)28-13-12-17-15-29-21-5-3-2-4-20(17)21/h2-11,14-15,29H,12-13H2,1H3,(H2,28,30,31,32). The number of guanidine groups is 1. The number of aromatic nitrogens is 1. The Balaban J connectivity index is 1.56. The topological polar surface area (TPSA) is 78.5 Å². The van der Waals surface area contributed by atoms with E-state index in [1.165, 1.54) is 24.3 Å². The van der Waals surface area contributed by atoms with Gasteiger partial charge in [-0.05, 0) is 60.5 Å². The molecular weight excluding hydrogens is 443 g/mol. The summed E-state index contributed by atoms with van der Waals surface area (Å²) in [5, 5.41) is 7.49. The molecule has 0 saturated carbocycles. The van der Waals surface area contributed by atoms with Crippen molar-refractivity contribution in [3.63, 3.8) is 0 Å². The maximum absolute atomic E-state index is 13.2. The number of benzene rings is 3. The third-order valence-electron chi connectivity index (χ3n) is 5.08. The van der Waals surface area contributed by atoms with Gasteiger partial charge in [0.25, 0.3) is 5.91 Å². The van der Waals surface area contributed by atoms with Crippen molar-refractivity contribution in [3.8, 4) is 5.75 Å². The van der Waals surface area contributed by atoms with Gasteiger partial charge in [-0.25, -0.2) is 4.39 Å². The molecule has 0 aliphatic carbocycles. The highest BCUT2D eigenvalue weighted by molar-refractivity contribution is 6.31. The molecule has 0 spiro atoms. The molecule has 0 atom stereocenters. The number of carbonyl (C=O) groups is 1. The van der Waals surface area contributed by atoms with Crippen LogP contribution in [0.2, 0.25) is 5.02 Å². The Morgan fingerprint density at radius 1 is 1.12 bits per heavy atom. The SMILES string of the molecule is COc1ccc(Cl)cc1NC(=NCCc1c[nH]c2ccccc12)NC(=O)c1ccc(F)cc1. The van der Waals surface area contributed by atoms with Crippen molar-refractivity contribution in [2.45, 2.75) is 6.42 Å². The summed E-state index contributed by atoms with van der Waals surface area (Å²) in [5.41, 5.74) is 3.04. The summed E-state index contributed by atoms with van der Waals surface area (Å²) in [6.07, 6.45) is 2.62. The second kappa shape index (κ2) is 10.2. The van der Waals surface area contributed by atoms with Gasteiger partial charge in [-0.1, -0.05) is 29.8 Å². The zero-order chi connectivity index (χ0) is 23.2. The molecule has 8 heteroatoms. The van der Waals surface area contributed by atoms with Crippen LogP contribution in [0.4, 0.5) is 10.1 Å². The van der Waals surface area contributed by atoms with E-state index >= 15 is 0 Å². The first-order valence-electron chi connectivity index (χ1n) is 10.3. The monoisotopic (exact) mass is 464 g/mol. The summed E-state index contributed by atoms with van der Waals surface area (Å²) >= 11 is 6.14. The van der Waals surface area contributed by atoms with Crippen LogP contribution in [0, 0.1) is 5.82 Å². The largest absolute Gasteiger partial charge is 0.495 e. The molecule has 1 aromatic heterocycles. The number of halogens is 2. The smallest absolute Gasteiger partial charge is 0.257 e. The molecule has 0 radical (unpaired) electrons. The van der Waals surface area contributed by atoms with Crippen LogP contribution in [-0.4, -0.2) is 30.5 Å². The van der Waals surface area contributed by atoms with Gasteiger partial charge in [-0.3, -0.25) is 15.1 Å². The number of nitrogens with one attached hydrogen (secondary N) is 3. The van der Waals surface area contributed by atoms with E-state index < -0.39 is 11.7 Å². The highest BCUT2D eigenvalue weighted by Crippen LogP contribution is 2.27. The molecule has 4 rings (SSSR count). The minimum absolute atomic E-state index is 0.227. The quantitative estimate of drug-likeness (QED) is 0.264. The Bertz CT molecular complexity index is 1300. The molecule has 3 N–H and O–H groups in total. The first-order valence-corrected chi connectivity index (χ1v) is 10.7. The third kappa shape index (κ3) is 5.51. The molecule has 0 bridgehead atoms. The van der Waals surface area contributed by atoms with Crippen LogP contribution in [0.1, 0.15) is 15.9 Å². The fraction of sp³-hybridized carbons (Fsp3) is 0.120. The van der Waals surface area contributed by atoms with Crippen molar-refractivity contribution in [3.05, 3.63) is 94.9 Å². The highest BCUT2D eigenvalue weighted by atomic mass is 35.5. The van der Waals surface area contributed by atoms with Crippen LogP contribution in [0.5, 0.6) is 5.75 Å². The summed E-state index contributed by atoms with van der Waals surface area (Å²) in [6.45, 7) is 0.413. The fourth-order valence-electron chi connectivity index (χ4n) is 3.42. The van der Waals surface area contributed by atoms with Gasteiger partial charge in [0.1, 0.15) is 11.6 Å². The van der Waals surface area contributed by atoms with Gasteiger partial charge in [-0.2, -0.15) is 0 Å². The number of carbonyl (C=O) groups excluding carboxylic acids is 1. The lowest BCUT2D eigenvalue weighted by molar-refractivity contribution is 0.0977. The van der Waals surface area contributed by atoms with Crippen molar-refractivity contribution in [1.29, 1.82) is 0 Å². The molecule has 6 nitrogen and oxygen atoms in total. The number of hydrogen-bond acceptors (Lipinski definition) is 3. The lowest BCUT2D eigenvalue weighted by Crippen LogP contribution is -2.36. The summed E-state index contributed by atoms with van der Waals surface area (Å²) in [5.74, 6) is -0.0696. The minimum atomic E-state index is -0.422. The van der Waals surface area contributed by atoms with Crippen LogP contribution in [0.3, 0.4) is 0 Å². The second-order valence-corrected chi connectivity index (χ2v) is 7.71. The Labute approximate surface area is 195 Å². The first kappa shape index (κ1) is 22.4. The molecule has 33 heavy (non-hydrogen) atoms. The Morgan fingerprint density at radius 3 is 2.70 bits per heavy atom. The van der Waals surface area contributed by atoms with Crippen molar-refractivity contribution in [2.75, 3.05) is 19.0 Å². The van der Waals surface area contributed by atoms with E-state index in [0.717, 1.165) is 16.5 Å². The second-order valence-electron chi connectivity index (χ2n) is 7.27. The van der Waals surface area contributed by atoms with Gasteiger partial charge in [0.2, 0.25) is 5.96 Å². The molecule has 0 unspecified atom stereocenters. The number of anilines is 1. The lowest BCUT2D eigenvalue weighted by atomic mass is 10.1. The van der Waals surface area contributed by atoms with E-state index in [1.54, 1.807) is 25.3 Å².